The van der Waals surface area contributed by atoms with E-state index in [-0.39, 0.29) is 12.5 Å². The number of aromatic nitrogens is 3. The van der Waals surface area contributed by atoms with Crippen molar-refractivity contribution in [1.29, 1.82) is 0 Å². The number of nitrogens with zero attached hydrogens (tertiary/aromatic N) is 4. The Morgan fingerprint density at radius 2 is 1.90 bits per heavy atom. The molecule has 0 fully saturated rings. The highest BCUT2D eigenvalue weighted by atomic mass is 16.3. The van der Waals surface area contributed by atoms with Gasteiger partial charge in [-0.2, -0.15) is 0 Å². The highest BCUT2D eigenvalue weighted by Gasteiger charge is 2.28. The lowest BCUT2D eigenvalue weighted by Crippen LogP contribution is -2.36. The van der Waals surface area contributed by atoms with Gasteiger partial charge in [0, 0.05) is 48.6 Å². The molecular formula is C24H23N5O2. The molecule has 2 aromatic heterocycles. The lowest BCUT2D eigenvalue weighted by Gasteiger charge is -2.33. The summed E-state index contributed by atoms with van der Waals surface area (Å²) >= 11 is 0. The summed E-state index contributed by atoms with van der Waals surface area (Å²) in [5.74, 6) is 1.44. The van der Waals surface area contributed by atoms with Crippen molar-refractivity contribution in [2.45, 2.75) is 12.5 Å². The molecule has 1 unspecified atom stereocenters. The molecular weight excluding hydrogens is 390 g/mol. The van der Waals surface area contributed by atoms with Crippen molar-refractivity contribution < 1.29 is 9.52 Å². The summed E-state index contributed by atoms with van der Waals surface area (Å²) in [4.78, 5) is 15.6. The van der Waals surface area contributed by atoms with Crippen LogP contribution in [0.1, 0.15) is 22.7 Å². The van der Waals surface area contributed by atoms with Gasteiger partial charge < -0.3 is 14.8 Å². The first kappa shape index (κ1) is 19.4. The summed E-state index contributed by atoms with van der Waals surface area (Å²) in [5.41, 5.74) is 5.21. The van der Waals surface area contributed by atoms with Gasteiger partial charge in [-0.15, -0.1) is 0 Å². The molecule has 31 heavy (non-hydrogen) atoms. The maximum absolute atomic E-state index is 9.42. The molecule has 7 nitrogen and oxygen atoms in total. The smallest absolute Gasteiger partial charge is 0.227 e. The van der Waals surface area contributed by atoms with Gasteiger partial charge in [-0.25, -0.2) is 15.0 Å². The first-order valence-electron chi connectivity index (χ1n) is 10.3. The first-order valence-corrected chi connectivity index (χ1v) is 10.3. The fraction of sp³-hybridized carbons (Fsp3) is 0.208. The molecule has 1 aliphatic rings. The third kappa shape index (κ3) is 4.19. The van der Waals surface area contributed by atoms with Gasteiger partial charge in [0.15, 0.2) is 12.2 Å². The third-order valence-electron chi connectivity index (χ3n) is 5.54. The number of nitrogens with one attached hydrogen (secondary N) is 1. The van der Waals surface area contributed by atoms with Crippen LogP contribution in [0.15, 0.2) is 77.8 Å². The molecule has 0 saturated heterocycles. The van der Waals surface area contributed by atoms with Crippen LogP contribution in [0.2, 0.25) is 0 Å². The zero-order chi connectivity index (χ0) is 21.0. The average molecular weight is 413 g/mol. The van der Waals surface area contributed by atoms with Gasteiger partial charge in [0.25, 0.3) is 0 Å². The van der Waals surface area contributed by atoms with Crippen LogP contribution >= 0.6 is 0 Å². The van der Waals surface area contributed by atoms with Gasteiger partial charge in [0.1, 0.15) is 0 Å². The fourth-order valence-electron chi connectivity index (χ4n) is 4.02. The summed E-state index contributed by atoms with van der Waals surface area (Å²) in [6.07, 6.45) is 5.01. The number of benzene rings is 2. The number of hydrogen-bond donors (Lipinski definition) is 2. The van der Waals surface area contributed by atoms with Crippen LogP contribution in [0.25, 0.3) is 11.3 Å². The highest BCUT2D eigenvalue weighted by molar-refractivity contribution is 5.63. The maximum atomic E-state index is 9.42. The van der Waals surface area contributed by atoms with Crippen molar-refractivity contribution in [1.82, 2.24) is 19.9 Å². The van der Waals surface area contributed by atoms with E-state index < -0.39 is 0 Å². The zero-order valence-corrected chi connectivity index (χ0v) is 17.0. The number of aliphatic hydroxyl groups is 1. The second-order valence-corrected chi connectivity index (χ2v) is 7.59. The number of oxazole rings is 1. The molecule has 4 aromatic rings. The molecule has 1 atom stereocenters. The number of hydrogen-bond acceptors (Lipinski definition) is 7. The Kier molecular flexibility index (Phi) is 5.43. The SMILES string of the molecule is OCCN1Cc2cnc(Nc3ccc(-c4cnco4)cc3)nc2C(c2ccccc2)C1. The van der Waals surface area contributed by atoms with Gasteiger partial charge >= 0.3 is 0 Å². The van der Waals surface area contributed by atoms with Gasteiger partial charge in [-0.3, -0.25) is 4.90 Å². The van der Waals surface area contributed by atoms with E-state index in [1.807, 2.05) is 36.5 Å². The number of fused-ring (bicyclic) bond motifs is 1. The van der Waals surface area contributed by atoms with E-state index in [1.165, 1.54) is 12.0 Å². The van der Waals surface area contributed by atoms with Crippen LogP contribution in [-0.4, -0.2) is 44.7 Å². The van der Waals surface area contributed by atoms with Crippen molar-refractivity contribution in [3.63, 3.8) is 0 Å². The first-order chi connectivity index (χ1) is 15.3. The molecule has 7 heteroatoms. The predicted octanol–water partition coefficient (Wildman–Crippen LogP) is 3.82. The van der Waals surface area contributed by atoms with E-state index in [1.54, 1.807) is 6.20 Å². The van der Waals surface area contributed by atoms with Crippen LogP contribution in [0.5, 0.6) is 0 Å². The molecule has 0 saturated carbocycles. The molecule has 1 aliphatic heterocycles. The van der Waals surface area contributed by atoms with E-state index >= 15 is 0 Å². The van der Waals surface area contributed by atoms with Crippen molar-refractivity contribution in [3.05, 3.63) is 90.2 Å². The highest BCUT2D eigenvalue weighted by Crippen LogP contribution is 2.33. The minimum atomic E-state index is 0.133. The second kappa shape index (κ2) is 8.67. The van der Waals surface area contributed by atoms with Crippen molar-refractivity contribution in [3.8, 4) is 11.3 Å². The molecule has 2 N–H and O–H groups in total. The average Bonchev–Trinajstić information content (AvgIpc) is 3.35. The minimum Gasteiger partial charge on any atom is -0.444 e. The van der Waals surface area contributed by atoms with Crippen molar-refractivity contribution in [2.75, 3.05) is 25.0 Å². The van der Waals surface area contributed by atoms with E-state index in [9.17, 15) is 5.11 Å². The largest absolute Gasteiger partial charge is 0.444 e. The Bertz CT molecular complexity index is 1130. The van der Waals surface area contributed by atoms with Crippen LogP contribution in [0.3, 0.4) is 0 Å². The Morgan fingerprint density at radius 1 is 1.06 bits per heavy atom. The Labute approximate surface area is 180 Å². The standard InChI is InChI=1S/C24H23N5O2/c30-11-10-29-14-19-12-26-24(28-23(19)21(15-29)17-4-2-1-3-5-17)27-20-8-6-18(7-9-20)22-13-25-16-31-22/h1-9,12-13,16,21,30H,10-11,14-15H2,(H,26,27,28). The lowest BCUT2D eigenvalue weighted by molar-refractivity contribution is 0.176. The summed E-state index contributed by atoms with van der Waals surface area (Å²) in [7, 11) is 0. The minimum absolute atomic E-state index is 0.133. The summed E-state index contributed by atoms with van der Waals surface area (Å²) < 4.78 is 5.34. The van der Waals surface area contributed by atoms with E-state index in [0.717, 1.165) is 41.4 Å². The van der Waals surface area contributed by atoms with Crippen LogP contribution in [0, 0.1) is 0 Å². The lowest BCUT2D eigenvalue weighted by atomic mass is 9.89. The summed E-state index contributed by atoms with van der Waals surface area (Å²) in [5, 5.41) is 12.7. The van der Waals surface area contributed by atoms with E-state index in [2.05, 4.69) is 44.5 Å². The van der Waals surface area contributed by atoms with Crippen LogP contribution in [-0.2, 0) is 6.54 Å². The number of rotatable bonds is 6. The van der Waals surface area contributed by atoms with E-state index in [4.69, 9.17) is 9.40 Å². The molecule has 0 radical (unpaired) electrons. The van der Waals surface area contributed by atoms with Crippen molar-refractivity contribution >= 4 is 11.6 Å². The predicted molar refractivity (Wildman–Crippen MR) is 118 cm³/mol. The molecule has 0 aliphatic carbocycles. The number of anilines is 2. The molecule has 5 rings (SSSR count). The molecule has 0 bridgehead atoms. The van der Waals surface area contributed by atoms with Crippen LogP contribution in [0.4, 0.5) is 11.6 Å². The fourth-order valence-corrected chi connectivity index (χ4v) is 4.02. The van der Waals surface area contributed by atoms with Crippen molar-refractivity contribution in [2.24, 2.45) is 0 Å². The van der Waals surface area contributed by atoms with E-state index in [0.29, 0.717) is 12.5 Å². The van der Waals surface area contributed by atoms with Crippen LogP contribution < -0.4 is 5.32 Å². The number of aliphatic hydroxyl groups excluding tert-OH is 1. The Morgan fingerprint density at radius 3 is 2.65 bits per heavy atom. The normalized spacial score (nSPS) is 16.1. The number of β-amino-alcohol motifs (C(OH)–C–C–N with tert-alkyl or cyclic N) is 1. The van der Waals surface area contributed by atoms with Gasteiger partial charge in [-0.1, -0.05) is 30.3 Å². The maximum Gasteiger partial charge on any atom is 0.227 e. The molecule has 2 aromatic carbocycles. The Balaban J connectivity index is 1.42. The molecule has 0 spiro atoms. The molecule has 3 heterocycles. The summed E-state index contributed by atoms with van der Waals surface area (Å²) in [6, 6.07) is 18.3. The second-order valence-electron chi connectivity index (χ2n) is 7.59. The van der Waals surface area contributed by atoms with Gasteiger partial charge in [0.2, 0.25) is 5.95 Å². The topological polar surface area (TPSA) is 87.3 Å². The third-order valence-corrected chi connectivity index (χ3v) is 5.54. The molecule has 156 valence electrons. The quantitative estimate of drug-likeness (QED) is 0.497. The monoisotopic (exact) mass is 413 g/mol. The van der Waals surface area contributed by atoms with Gasteiger partial charge in [0.05, 0.1) is 18.5 Å². The Hall–Kier alpha value is -3.55. The molecule has 0 amide bonds. The van der Waals surface area contributed by atoms with Gasteiger partial charge in [-0.05, 0) is 29.8 Å². The summed E-state index contributed by atoms with van der Waals surface area (Å²) in [6.45, 7) is 2.34. The zero-order valence-electron chi connectivity index (χ0n) is 17.0.